The summed E-state index contributed by atoms with van der Waals surface area (Å²) >= 11 is 0. The van der Waals surface area contributed by atoms with Crippen LogP contribution in [-0.4, -0.2) is 20.9 Å². The monoisotopic (exact) mass is 1750 g/mol. The first-order chi connectivity index (χ1) is 59.7. The third kappa shape index (κ3) is 15.7. The summed E-state index contributed by atoms with van der Waals surface area (Å²) in [4.78, 5) is 28.8. The number of anilines is 12. The number of hydrogen-bond acceptors (Lipinski definition) is 8. The van der Waals surface area contributed by atoms with E-state index in [9.17, 15) is 4.79 Å². The zero-order valence-electron chi connectivity index (χ0n) is 67.3. The van der Waals surface area contributed by atoms with Gasteiger partial charge in [0.05, 0.1) is 16.6 Å². The smallest absolute Gasteiger partial charge is 0.155 e. The fourth-order valence-electron chi connectivity index (χ4n) is 17.5. The van der Waals surface area contributed by atoms with Gasteiger partial charge in [0.1, 0.15) is 0 Å². The molecule has 8 nitrogen and oxygen atoms in total. The number of nitrogens with zero attached hydrogens (tertiary/aromatic N) is 6. The van der Waals surface area contributed by atoms with Gasteiger partial charge in [-0.05, 0) is 216 Å². The molecule has 0 aliphatic heterocycles. The van der Waals surface area contributed by atoms with Crippen molar-refractivity contribution in [1.82, 2.24) is 9.97 Å². The number of fused-ring (bicyclic) bond motifs is 6. The third-order valence-corrected chi connectivity index (χ3v) is 22.6. The summed E-state index contributed by atoms with van der Waals surface area (Å²) < 4.78 is 0. The molecule has 0 atom stereocenters. The number of aromatic nitrogens is 2. The van der Waals surface area contributed by atoms with Crippen molar-refractivity contribution in [3.8, 4) is 44.8 Å². The fourth-order valence-corrected chi connectivity index (χ4v) is 17.5. The molecule has 9 heteroatoms. The van der Waals surface area contributed by atoms with E-state index in [2.05, 4.69) is 456 Å². The Kier molecular flexibility index (Phi) is 23.4. The van der Waals surface area contributed by atoms with Gasteiger partial charge in [-0.2, -0.15) is 0 Å². The van der Waals surface area contributed by atoms with E-state index >= 15 is 0 Å². The van der Waals surface area contributed by atoms with E-state index in [0.717, 1.165) is 90.8 Å². The molecule has 0 saturated heterocycles. The van der Waals surface area contributed by atoms with E-state index in [4.69, 9.17) is 15.1 Å². The van der Waals surface area contributed by atoms with Crippen LogP contribution < -0.4 is 19.6 Å². The molecule has 0 unspecified atom stereocenters. The molecule has 122 heavy (non-hydrogen) atoms. The van der Waals surface area contributed by atoms with Gasteiger partial charge in [-0.15, -0.1) is 58.7 Å². The minimum atomic E-state index is -0.629. The van der Waals surface area contributed by atoms with Gasteiger partial charge in [0.2, 0.25) is 0 Å². The van der Waals surface area contributed by atoms with E-state index in [1.807, 2.05) is 36.7 Å². The third-order valence-electron chi connectivity index (χ3n) is 22.6. The first kappa shape index (κ1) is 79.4. The Morgan fingerprint density at radius 1 is 0.270 bits per heavy atom. The van der Waals surface area contributed by atoms with Gasteiger partial charge in [-0.1, -0.05) is 289 Å². The average molecular weight is 1750 g/mol. The molecule has 0 bridgehead atoms. The first-order valence-corrected chi connectivity index (χ1v) is 40.8. The molecule has 2 heterocycles. The molecular weight excluding hydrogens is 1670 g/mol. The number of carbonyl (C=O) groups excluding carboxylic acids is 1. The first-order valence-electron chi connectivity index (χ1n) is 40.8. The van der Waals surface area contributed by atoms with Gasteiger partial charge in [0.15, 0.2) is 5.78 Å². The van der Waals surface area contributed by atoms with E-state index in [1.165, 1.54) is 86.7 Å². The number of benzene rings is 16. The number of aliphatic hydroxyl groups excluding tert-OH is 1. The Morgan fingerprint density at radius 2 is 0.492 bits per heavy atom. The minimum Gasteiger partial charge on any atom is -0.512 e. The standard InChI is InChI=1S/2C54H38N3.C5H8O2.Ir/c2*1-5-17-43(18-6-1)56(44-19-7-2-8-20-44)47-33-29-41(30-34-47)54(42-31-35-48(36-32-42)57(45-21-9-3-10-22-45)46-23-11-4-12-24-46)51-26-14-13-25-49(51)50-37-28-40(39-52(50)54)53-27-15-16-38-55-53;1-4(6)3-5(2)7;/h2*1-27,29-39H;3,6H,1-2H3;/q2*-1;;/b;;4-3-;. The van der Waals surface area contributed by atoms with Gasteiger partial charge in [0, 0.05) is 107 Å². The molecule has 589 valence electrons. The van der Waals surface area contributed by atoms with Crippen LogP contribution in [0.1, 0.15) is 58.4 Å². The number of rotatable bonds is 19. The molecule has 0 amide bonds. The molecule has 18 aromatic rings. The molecule has 0 saturated carbocycles. The van der Waals surface area contributed by atoms with Crippen LogP contribution in [0.4, 0.5) is 68.2 Å². The predicted octanol–water partition coefficient (Wildman–Crippen LogP) is 28.7. The summed E-state index contributed by atoms with van der Waals surface area (Å²) in [6.07, 6.45) is 4.87. The SMILES string of the molecule is CC(=O)/C=C(/C)O.[Ir].[c-]1cc2c(cc1-c1ccccn1)C(c1ccc(N(c3ccccc3)c3ccccc3)cc1)(c1ccc(N(c3ccccc3)c3ccccc3)cc1)c1ccccc1-2.[c-]1cc2c(cc1-c1ccccn1)C(c1ccc(N(c3ccccc3)c3ccccc3)cc1)(c1ccc(N(c3ccccc3)c3ccccc3)cc1)c1ccccc1-2. The molecule has 16 aromatic carbocycles. The number of allylic oxidation sites excluding steroid dienone is 2. The van der Waals surface area contributed by atoms with Gasteiger partial charge >= 0.3 is 0 Å². The summed E-state index contributed by atoms with van der Waals surface area (Å²) in [6.45, 7) is 2.85. The largest absolute Gasteiger partial charge is 0.512 e. The van der Waals surface area contributed by atoms with Crippen LogP contribution in [0.2, 0.25) is 0 Å². The van der Waals surface area contributed by atoms with Crippen LogP contribution in [0.3, 0.4) is 0 Å². The molecule has 0 fully saturated rings. The number of aliphatic hydroxyl groups is 1. The van der Waals surface area contributed by atoms with E-state index in [-0.39, 0.29) is 31.6 Å². The zero-order valence-corrected chi connectivity index (χ0v) is 69.7. The molecule has 2 aromatic heterocycles. The maximum absolute atomic E-state index is 10.0. The van der Waals surface area contributed by atoms with Crippen molar-refractivity contribution in [2.75, 3.05) is 19.6 Å². The van der Waals surface area contributed by atoms with Crippen LogP contribution in [0.15, 0.2) is 473 Å². The van der Waals surface area contributed by atoms with E-state index in [1.54, 1.807) is 0 Å². The van der Waals surface area contributed by atoms with Crippen molar-refractivity contribution in [2.24, 2.45) is 0 Å². The quantitative estimate of drug-likeness (QED) is 0.0488. The molecule has 1 radical (unpaired) electrons. The minimum absolute atomic E-state index is 0. The number of pyridine rings is 2. The Balaban J connectivity index is 0.000000160. The number of para-hydroxylation sites is 8. The van der Waals surface area contributed by atoms with Crippen LogP contribution in [-0.2, 0) is 35.7 Å². The average Bonchev–Trinajstić information content (AvgIpc) is 1.54. The number of ketones is 1. The molecule has 2 aliphatic rings. The second-order valence-electron chi connectivity index (χ2n) is 30.0. The Morgan fingerprint density at radius 3 is 0.705 bits per heavy atom. The number of carbonyl (C=O) groups is 1. The Labute approximate surface area is 727 Å². The normalized spacial score (nSPS) is 12.2. The molecule has 2 aliphatic carbocycles. The second kappa shape index (κ2) is 36.0. The topological polar surface area (TPSA) is 76.0 Å². The fraction of sp³-hybridized carbons (Fsp3) is 0.0354. The Bertz CT molecular complexity index is 5780. The summed E-state index contributed by atoms with van der Waals surface area (Å²) in [6, 6.07) is 168. The Hall–Kier alpha value is -15.1. The molecular formula is C113H84IrN6O2-2. The van der Waals surface area contributed by atoms with Crippen molar-refractivity contribution in [1.29, 1.82) is 0 Å². The maximum Gasteiger partial charge on any atom is 0.155 e. The van der Waals surface area contributed by atoms with Crippen molar-refractivity contribution in [3.05, 3.63) is 530 Å². The van der Waals surface area contributed by atoms with E-state index in [0.29, 0.717) is 0 Å². The number of hydrogen-bond donors (Lipinski definition) is 1. The van der Waals surface area contributed by atoms with Gasteiger partial charge < -0.3 is 34.7 Å². The summed E-state index contributed by atoms with van der Waals surface area (Å²) in [5.74, 6) is -0.0625. The molecule has 0 spiro atoms. The summed E-state index contributed by atoms with van der Waals surface area (Å²) in [5.41, 5.74) is 30.2. The van der Waals surface area contributed by atoms with Crippen LogP contribution in [0.25, 0.3) is 44.8 Å². The van der Waals surface area contributed by atoms with Crippen molar-refractivity contribution in [2.45, 2.75) is 24.7 Å². The van der Waals surface area contributed by atoms with Crippen molar-refractivity contribution in [3.63, 3.8) is 0 Å². The van der Waals surface area contributed by atoms with Gasteiger partial charge in [-0.3, -0.25) is 4.79 Å². The van der Waals surface area contributed by atoms with Crippen LogP contribution >= 0.6 is 0 Å². The molecule has 20 rings (SSSR count). The van der Waals surface area contributed by atoms with Crippen molar-refractivity contribution >= 4 is 74.0 Å². The van der Waals surface area contributed by atoms with Crippen LogP contribution in [0, 0.1) is 12.1 Å². The van der Waals surface area contributed by atoms with Gasteiger partial charge in [-0.25, -0.2) is 0 Å². The summed E-state index contributed by atoms with van der Waals surface area (Å²) in [5, 5.41) is 8.36. The van der Waals surface area contributed by atoms with Crippen molar-refractivity contribution < 1.29 is 30.0 Å². The second-order valence-corrected chi connectivity index (χ2v) is 30.0. The zero-order chi connectivity index (χ0) is 81.9. The van der Waals surface area contributed by atoms with E-state index < -0.39 is 10.8 Å². The summed E-state index contributed by atoms with van der Waals surface area (Å²) in [7, 11) is 0. The predicted molar refractivity (Wildman–Crippen MR) is 497 cm³/mol. The maximum atomic E-state index is 10.0. The van der Waals surface area contributed by atoms with Gasteiger partial charge in [0.25, 0.3) is 0 Å². The molecule has 1 N–H and O–H groups in total. The van der Waals surface area contributed by atoms with Crippen LogP contribution in [0.5, 0.6) is 0 Å².